The summed E-state index contributed by atoms with van der Waals surface area (Å²) < 4.78 is 0. The van der Waals surface area contributed by atoms with Gasteiger partial charge in [0.1, 0.15) is 0 Å². The zero-order valence-electron chi connectivity index (χ0n) is 3.98. The summed E-state index contributed by atoms with van der Waals surface area (Å²) in [6.07, 6.45) is -0.383. The van der Waals surface area contributed by atoms with Crippen molar-refractivity contribution in [3.63, 3.8) is 0 Å². The van der Waals surface area contributed by atoms with E-state index in [9.17, 15) is 0 Å². The van der Waals surface area contributed by atoms with Crippen LogP contribution in [0.2, 0.25) is 0 Å². The first kappa shape index (κ1) is 6.25. The molecule has 1 nitrogen and oxygen atoms in total. The summed E-state index contributed by atoms with van der Waals surface area (Å²) in [6.45, 7) is 3.42. The molecule has 0 aromatic carbocycles. The average Bonchev–Trinajstić information content (AvgIpc) is 1.36. The molecule has 0 aliphatic carbocycles. The summed E-state index contributed by atoms with van der Waals surface area (Å²) in [5, 5.41) is 8.38. The van der Waals surface area contributed by atoms with Gasteiger partial charge in [-0.25, -0.2) is 0 Å². The average molecular weight is 109 g/mol. The number of alkyl halides is 1. The van der Waals surface area contributed by atoms with Crippen LogP contribution in [0.1, 0.15) is 13.8 Å². The monoisotopic (exact) mass is 108 g/mol. The fourth-order valence-corrected chi connectivity index (χ4v) is 0. The Morgan fingerprint density at radius 1 is 1.50 bits per heavy atom. The number of halogens is 1. The van der Waals surface area contributed by atoms with Crippen molar-refractivity contribution < 1.29 is 5.11 Å². The van der Waals surface area contributed by atoms with Crippen LogP contribution in [0, 0.1) is 0 Å². The zero-order valence-corrected chi connectivity index (χ0v) is 4.74. The topological polar surface area (TPSA) is 20.2 Å². The van der Waals surface area contributed by atoms with E-state index < -0.39 is 0 Å². The van der Waals surface area contributed by atoms with Crippen molar-refractivity contribution in [1.29, 1.82) is 0 Å². The van der Waals surface area contributed by atoms with Crippen LogP contribution in [0.4, 0.5) is 0 Å². The Bertz CT molecular complexity index is 28.5. The highest BCUT2D eigenvalue weighted by molar-refractivity contribution is 6.20. The molecule has 0 aliphatic heterocycles. The van der Waals surface area contributed by atoms with Gasteiger partial charge in [0.15, 0.2) is 0 Å². The van der Waals surface area contributed by atoms with Crippen molar-refractivity contribution in [1.82, 2.24) is 0 Å². The minimum atomic E-state index is -0.383. The first-order valence-corrected chi connectivity index (χ1v) is 2.40. The number of aliphatic hydroxyl groups is 1. The zero-order chi connectivity index (χ0) is 5.15. The van der Waals surface area contributed by atoms with Gasteiger partial charge in [0.25, 0.3) is 0 Å². The van der Waals surface area contributed by atoms with Gasteiger partial charge in [-0.2, -0.15) is 0 Å². The summed E-state index contributed by atoms with van der Waals surface area (Å²) in [7, 11) is 0. The Balaban J connectivity index is 2.99. The molecule has 0 radical (unpaired) electrons. The smallest absolute Gasteiger partial charge is 0.0672 e. The highest BCUT2D eigenvalue weighted by Gasteiger charge is 2.00. The van der Waals surface area contributed by atoms with Crippen molar-refractivity contribution in [2.24, 2.45) is 0 Å². The van der Waals surface area contributed by atoms with Crippen LogP contribution in [0.5, 0.6) is 0 Å². The van der Waals surface area contributed by atoms with Crippen LogP contribution in [-0.2, 0) is 0 Å². The van der Waals surface area contributed by atoms with E-state index in [1.807, 2.05) is 0 Å². The molecular weight excluding hydrogens is 99.5 g/mol. The molecule has 2 atom stereocenters. The second-order valence-corrected chi connectivity index (χ2v) is 2.11. The van der Waals surface area contributed by atoms with Crippen LogP contribution in [0.3, 0.4) is 0 Å². The van der Waals surface area contributed by atoms with E-state index in [2.05, 4.69) is 0 Å². The van der Waals surface area contributed by atoms with Crippen LogP contribution >= 0.6 is 11.6 Å². The lowest BCUT2D eigenvalue weighted by molar-refractivity contribution is 0.194. The predicted octanol–water partition coefficient (Wildman–Crippen LogP) is 0.994. The van der Waals surface area contributed by atoms with Gasteiger partial charge >= 0.3 is 0 Å². The SMILES string of the molecule is C[C@H](O)[C@@H](C)Cl. The van der Waals surface area contributed by atoms with E-state index in [1.54, 1.807) is 13.8 Å². The number of aliphatic hydroxyl groups excluding tert-OH is 1. The Morgan fingerprint density at radius 3 is 1.67 bits per heavy atom. The second kappa shape index (κ2) is 2.43. The Labute approximate surface area is 42.9 Å². The van der Waals surface area contributed by atoms with Gasteiger partial charge in [0.2, 0.25) is 0 Å². The molecule has 0 unspecified atom stereocenters. The van der Waals surface area contributed by atoms with Crippen molar-refractivity contribution in [2.45, 2.75) is 25.3 Å². The molecule has 0 rings (SSSR count). The third-order valence-electron chi connectivity index (χ3n) is 0.665. The Hall–Kier alpha value is 0.250. The molecule has 0 fully saturated rings. The quantitative estimate of drug-likeness (QED) is 0.497. The lowest BCUT2D eigenvalue weighted by Crippen LogP contribution is -2.11. The fraction of sp³-hybridized carbons (Fsp3) is 1.00. The molecule has 0 aromatic rings. The van der Waals surface area contributed by atoms with Gasteiger partial charge < -0.3 is 5.11 Å². The van der Waals surface area contributed by atoms with Crippen LogP contribution in [0.25, 0.3) is 0 Å². The lowest BCUT2D eigenvalue weighted by atomic mass is 10.3. The highest BCUT2D eigenvalue weighted by Crippen LogP contribution is 1.97. The van der Waals surface area contributed by atoms with E-state index >= 15 is 0 Å². The largest absolute Gasteiger partial charge is 0.392 e. The minimum absolute atomic E-state index is 0.120. The summed E-state index contributed by atoms with van der Waals surface area (Å²) in [5.74, 6) is 0. The lowest BCUT2D eigenvalue weighted by Gasteiger charge is -2.02. The minimum Gasteiger partial charge on any atom is -0.392 e. The Morgan fingerprint density at radius 2 is 1.67 bits per heavy atom. The standard InChI is InChI=1S/C4H9ClO/c1-3(5)4(2)6/h3-4,6H,1-2H3/t3-,4+/m1/s1. The van der Waals surface area contributed by atoms with Crippen LogP contribution < -0.4 is 0 Å². The third-order valence-corrected chi connectivity index (χ3v) is 1.03. The van der Waals surface area contributed by atoms with Crippen molar-refractivity contribution in [3.8, 4) is 0 Å². The molecule has 0 bridgehead atoms. The molecule has 0 saturated carbocycles. The van der Waals surface area contributed by atoms with Gasteiger partial charge in [-0.3, -0.25) is 0 Å². The molecule has 1 N–H and O–H groups in total. The summed E-state index contributed by atoms with van der Waals surface area (Å²) >= 11 is 5.36. The third kappa shape index (κ3) is 2.49. The van der Waals surface area contributed by atoms with E-state index in [0.717, 1.165) is 0 Å². The number of rotatable bonds is 1. The molecule has 6 heavy (non-hydrogen) atoms. The second-order valence-electron chi connectivity index (χ2n) is 1.42. The van der Waals surface area contributed by atoms with Crippen LogP contribution in [-0.4, -0.2) is 16.6 Å². The summed E-state index contributed by atoms with van der Waals surface area (Å²) in [6, 6.07) is 0. The van der Waals surface area contributed by atoms with E-state index in [-0.39, 0.29) is 11.5 Å². The molecule has 0 amide bonds. The van der Waals surface area contributed by atoms with E-state index in [0.29, 0.717) is 0 Å². The molecule has 2 heteroatoms. The normalized spacial score (nSPS) is 20.0. The molecule has 0 aliphatic rings. The molecule has 0 spiro atoms. The summed E-state index contributed by atoms with van der Waals surface area (Å²) in [4.78, 5) is 0. The van der Waals surface area contributed by atoms with E-state index in [1.165, 1.54) is 0 Å². The number of hydrogen-bond donors (Lipinski definition) is 1. The molecule has 0 heterocycles. The first-order chi connectivity index (χ1) is 2.64. The van der Waals surface area contributed by atoms with Gasteiger partial charge in [-0.1, -0.05) is 0 Å². The Kier molecular flexibility index (Phi) is 2.53. The molecule has 0 aromatic heterocycles. The van der Waals surface area contributed by atoms with Gasteiger partial charge in [0, 0.05) is 0 Å². The van der Waals surface area contributed by atoms with Gasteiger partial charge in [-0.15, -0.1) is 11.6 Å². The van der Waals surface area contributed by atoms with E-state index in [4.69, 9.17) is 16.7 Å². The molecular formula is C4H9ClO. The van der Waals surface area contributed by atoms with Crippen molar-refractivity contribution >= 4 is 11.6 Å². The van der Waals surface area contributed by atoms with Crippen molar-refractivity contribution in [3.05, 3.63) is 0 Å². The number of hydrogen-bond acceptors (Lipinski definition) is 1. The maximum absolute atomic E-state index is 8.50. The maximum Gasteiger partial charge on any atom is 0.0672 e. The van der Waals surface area contributed by atoms with Crippen LogP contribution in [0.15, 0.2) is 0 Å². The predicted molar refractivity (Wildman–Crippen MR) is 27.0 cm³/mol. The molecule has 38 valence electrons. The molecule has 0 saturated heterocycles. The van der Waals surface area contributed by atoms with Gasteiger partial charge in [0.05, 0.1) is 11.5 Å². The summed E-state index contributed by atoms with van der Waals surface area (Å²) in [5.41, 5.74) is 0. The highest BCUT2D eigenvalue weighted by atomic mass is 35.5. The fourth-order valence-electron chi connectivity index (χ4n) is 0. The van der Waals surface area contributed by atoms with Gasteiger partial charge in [-0.05, 0) is 13.8 Å². The maximum atomic E-state index is 8.50. The van der Waals surface area contributed by atoms with Crippen molar-refractivity contribution in [2.75, 3.05) is 0 Å². The first-order valence-electron chi connectivity index (χ1n) is 1.96.